The molecule has 0 bridgehead atoms. The minimum absolute atomic E-state index is 0.118. The van der Waals surface area contributed by atoms with Crippen molar-refractivity contribution < 1.29 is 14.7 Å². The molecule has 1 saturated heterocycles. The van der Waals surface area contributed by atoms with E-state index in [2.05, 4.69) is 4.98 Å². The number of aromatic nitrogens is 1. The van der Waals surface area contributed by atoms with E-state index >= 15 is 0 Å². The quantitative estimate of drug-likeness (QED) is 0.896. The number of aryl methyl sites for hydroxylation is 1. The second-order valence-corrected chi connectivity index (χ2v) is 8.23. The molecule has 1 aliphatic carbocycles. The number of hydrogen-bond acceptors (Lipinski definition) is 4. The average molecular weight is 370 g/mol. The molecule has 3 atom stereocenters. The van der Waals surface area contributed by atoms with Gasteiger partial charge in [0.1, 0.15) is 11.0 Å². The van der Waals surface area contributed by atoms with E-state index in [0.29, 0.717) is 12.5 Å². The number of carboxylic acids is 1. The monoisotopic (exact) mass is 370 g/mol. The molecule has 26 heavy (non-hydrogen) atoms. The van der Waals surface area contributed by atoms with Gasteiger partial charge in [-0.2, -0.15) is 0 Å². The third kappa shape index (κ3) is 3.14. The largest absolute Gasteiger partial charge is 0.480 e. The van der Waals surface area contributed by atoms with Crippen molar-refractivity contribution in [1.29, 1.82) is 0 Å². The summed E-state index contributed by atoms with van der Waals surface area (Å²) in [4.78, 5) is 30.7. The lowest BCUT2D eigenvalue weighted by molar-refractivity contribution is -0.149. The van der Waals surface area contributed by atoms with E-state index in [1.165, 1.54) is 16.9 Å². The van der Waals surface area contributed by atoms with Crippen LogP contribution in [-0.4, -0.2) is 39.5 Å². The van der Waals surface area contributed by atoms with Gasteiger partial charge < -0.3 is 10.0 Å². The van der Waals surface area contributed by atoms with E-state index in [9.17, 15) is 14.7 Å². The van der Waals surface area contributed by atoms with Gasteiger partial charge in [0, 0.05) is 17.5 Å². The molecule has 2 heterocycles. The van der Waals surface area contributed by atoms with Crippen LogP contribution in [0.5, 0.6) is 0 Å². The molecular weight excluding hydrogens is 348 g/mol. The molecule has 0 radical (unpaired) electrons. The van der Waals surface area contributed by atoms with Crippen LogP contribution in [-0.2, 0) is 16.0 Å². The second kappa shape index (κ2) is 6.83. The molecule has 2 aliphatic rings. The molecule has 1 aromatic heterocycles. The van der Waals surface area contributed by atoms with E-state index in [1.54, 1.807) is 4.90 Å². The number of thiazole rings is 1. The first-order valence-electron chi connectivity index (χ1n) is 9.06. The lowest BCUT2D eigenvalue weighted by atomic mass is 9.94. The molecule has 6 heteroatoms. The summed E-state index contributed by atoms with van der Waals surface area (Å²) in [6.45, 7) is 2.62. The zero-order chi connectivity index (χ0) is 18.3. The number of aliphatic carboxylic acids is 1. The van der Waals surface area contributed by atoms with Crippen LogP contribution in [0.4, 0.5) is 0 Å². The fraction of sp³-hybridized carbons (Fsp3) is 0.450. The smallest absolute Gasteiger partial charge is 0.326 e. The minimum atomic E-state index is -0.869. The minimum Gasteiger partial charge on any atom is -0.480 e. The van der Waals surface area contributed by atoms with Gasteiger partial charge in [-0.1, -0.05) is 36.2 Å². The van der Waals surface area contributed by atoms with Crippen molar-refractivity contribution in [2.75, 3.05) is 6.54 Å². The Kier molecular flexibility index (Phi) is 4.53. The zero-order valence-electron chi connectivity index (χ0n) is 14.7. The van der Waals surface area contributed by atoms with E-state index in [4.69, 9.17) is 0 Å². The number of carbonyl (C=O) groups is 2. The summed E-state index contributed by atoms with van der Waals surface area (Å²) in [5.41, 5.74) is 2.95. The van der Waals surface area contributed by atoms with Crippen LogP contribution >= 0.6 is 11.3 Å². The molecule has 5 nitrogen and oxygen atoms in total. The number of likely N-dealkylation sites (tertiary alicyclic amines) is 1. The second-order valence-electron chi connectivity index (χ2n) is 7.37. The van der Waals surface area contributed by atoms with Gasteiger partial charge >= 0.3 is 5.97 Å². The van der Waals surface area contributed by atoms with Gasteiger partial charge in [0.05, 0.1) is 12.1 Å². The van der Waals surface area contributed by atoms with Crippen LogP contribution < -0.4 is 0 Å². The fourth-order valence-electron chi connectivity index (χ4n) is 4.35. The summed E-state index contributed by atoms with van der Waals surface area (Å²) in [6, 6.07) is 7.48. The molecule has 1 N–H and O–H groups in total. The van der Waals surface area contributed by atoms with Crippen LogP contribution in [0.15, 0.2) is 29.6 Å². The van der Waals surface area contributed by atoms with Gasteiger partial charge in [-0.3, -0.25) is 4.79 Å². The summed E-state index contributed by atoms with van der Waals surface area (Å²) in [5, 5.41) is 12.4. The van der Waals surface area contributed by atoms with Gasteiger partial charge in [0.25, 0.3) is 0 Å². The normalized spacial score (nSPS) is 24.7. The number of benzene rings is 1. The Hall–Kier alpha value is -2.21. The third-order valence-electron chi connectivity index (χ3n) is 5.65. The molecular formula is C20H22N2O3S. The highest BCUT2D eigenvalue weighted by Crippen LogP contribution is 2.42. The third-order valence-corrected chi connectivity index (χ3v) is 6.59. The molecule has 4 rings (SSSR count). The predicted molar refractivity (Wildman–Crippen MR) is 100.0 cm³/mol. The van der Waals surface area contributed by atoms with Crippen molar-refractivity contribution in [1.82, 2.24) is 9.88 Å². The number of carboxylic acid groups (broad SMARTS) is 1. The van der Waals surface area contributed by atoms with Gasteiger partial charge in [-0.15, -0.1) is 11.3 Å². The maximum atomic E-state index is 12.8. The number of fused-ring (bicyclic) bond motifs is 1. The first kappa shape index (κ1) is 17.2. The van der Waals surface area contributed by atoms with Crippen LogP contribution in [0.1, 0.15) is 30.5 Å². The first-order valence-corrected chi connectivity index (χ1v) is 9.94. The highest BCUT2D eigenvalue weighted by atomic mass is 32.1. The van der Waals surface area contributed by atoms with Crippen molar-refractivity contribution >= 4 is 23.2 Å². The van der Waals surface area contributed by atoms with E-state index in [1.807, 2.05) is 36.6 Å². The Morgan fingerprint density at radius 1 is 1.27 bits per heavy atom. The van der Waals surface area contributed by atoms with Crippen molar-refractivity contribution in [3.8, 4) is 10.6 Å². The topological polar surface area (TPSA) is 70.5 Å². The number of nitrogens with zero attached hydrogens (tertiary/aromatic N) is 2. The molecule has 1 aliphatic heterocycles. The van der Waals surface area contributed by atoms with E-state index in [0.717, 1.165) is 35.5 Å². The average Bonchev–Trinajstić information content (AvgIpc) is 3.29. The fourth-order valence-corrected chi connectivity index (χ4v) is 5.18. The standard InChI is InChI=1S/C20H22N2O3S/c1-12-5-7-13(8-6-12)19-21-15(11-26-19)9-17(23)22-10-14-3-2-4-16(14)18(22)20(24)25/h5-8,11,14,16,18H,2-4,9-10H2,1H3,(H,24,25). The van der Waals surface area contributed by atoms with Crippen molar-refractivity contribution in [3.63, 3.8) is 0 Å². The summed E-state index contributed by atoms with van der Waals surface area (Å²) < 4.78 is 0. The molecule has 0 spiro atoms. The zero-order valence-corrected chi connectivity index (χ0v) is 15.5. The van der Waals surface area contributed by atoms with Crippen molar-refractivity contribution in [2.24, 2.45) is 11.8 Å². The molecule has 1 amide bonds. The lowest BCUT2D eigenvalue weighted by Crippen LogP contribution is -2.44. The molecule has 2 fully saturated rings. The summed E-state index contributed by atoms with van der Waals surface area (Å²) in [5.74, 6) is -0.521. The van der Waals surface area contributed by atoms with Crippen molar-refractivity contribution in [2.45, 2.75) is 38.6 Å². The maximum Gasteiger partial charge on any atom is 0.326 e. The first-order chi connectivity index (χ1) is 12.5. The Bertz CT molecular complexity index is 830. The molecule has 136 valence electrons. The SMILES string of the molecule is Cc1ccc(-c2nc(CC(=O)N3CC4CCCC4C3C(=O)O)cs2)cc1. The molecule has 2 aromatic rings. The Morgan fingerprint density at radius 2 is 2.04 bits per heavy atom. The lowest BCUT2D eigenvalue weighted by Gasteiger charge is -2.24. The maximum absolute atomic E-state index is 12.8. The Labute approximate surface area is 156 Å². The van der Waals surface area contributed by atoms with Crippen LogP contribution in [0, 0.1) is 18.8 Å². The number of rotatable bonds is 4. The van der Waals surface area contributed by atoms with Gasteiger partial charge in [0.15, 0.2) is 0 Å². The number of hydrogen-bond donors (Lipinski definition) is 1. The highest BCUT2D eigenvalue weighted by molar-refractivity contribution is 7.13. The number of amides is 1. The Balaban J connectivity index is 1.48. The van der Waals surface area contributed by atoms with Gasteiger partial charge in [-0.25, -0.2) is 9.78 Å². The predicted octanol–water partition coefficient (Wildman–Crippen LogP) is 3.37. The van der Waals surface area contributed by atoms with Crippen LogP contribution in [0.3, 0.4) is 0 Å². The number of carbonyl (C=O) groups excluding carboxylic acids is 1. The summed E-state index contributed by atoms with van der Waals surface area (Å²) in [7, 11) is 0. The van der Waals surface area contributed by atoms with Gasteiger partial charge in [-0.05, 0) is 31.6 Å². The van der Waals surface area contributed by atoms with E-state index < -0.39 is 12.0 Å². The molecule has 1 saturated carbocycles. The van der Waals surface area contributed by atoms with E-state index in [-0.39, 0.29) is 18.2 Å². The van der Waals surface area contributed by atoms with Gasteiger partial charge in [0.2, 0.25) is 5.91 Å². The summed E-state index contributed by atoms with van der Waals surface area (Å²) >= 11 is 1.52. The highest BCUT2D eigenvalue weighted by Gasteiger charge is 2.49. The van der Waals surface area contributed by atoms with Crippen molar-refractivity contribution in [3.05, 3.63) is 40.9 Å². The van der Waals surface area contributed by atoms with Crippen LogP contribution in [0.2, 0.25) is 0 Å². The Morgan fingerprint density at radius 3 is 2.77 bits per heavy atom. The van der Waals surface area contributed by atoms with Crippen LogP contribution in [0.25, 0.3) is 10.6 Å². The molecule has 1 aromatic carbocycles. The summed E-state index contributed by atoms with van der Waals surface area (Å²) in [6.07, 6.45) is 3.20. The molecule has 3 unspecified atom stereocenters.